The fourth-order valence-electron chi connectivity index (χ4n) is 1.53. The molecule has 0 saturated heterocycles. The molecule has 1 aromatic heterocycles. The van der Waals surface area contributed by atoms with E-state index >= 15 is 0 Å². The van der Waals surface area contributed by atoms with Crippen LogP contribution in [0.4, 0.5) is 0 Å². The van der Waals surface area contributed by atoms with Crippen LogP contribution in [0.2, 0.25) is 0 Å². The van der Waals surface area contributed by atoms with Gasteiger partial charge in [0.15, 0.2) is 0 Å². The lowest BCUT2D eigenvalue weighted by atomic mass is 10.1. The zero-order chi connectivity index (χ0) is 12.3. The third-order valence-electron chi connectivity index (χ3n) is 2.48. The first-order valence-corrected chi connectivity index (χ1v) is 7.22. The van der Waals surface area contributed by atoms with Crippen LogP contribution in [0.1, 0.15) is 28.9 Å². The number of benzene rings is 1. The van der Waals surface area contributed by atoms with E-state index in [-0.39, 0.29) is 11.9 Å². The third-order valence-corrected chi connectivity index (χ3v) is 4.27. The topological polar surface area (TPSA) is 29.1 Å². The molecule has 0 aliphatic carbocycles. The molecule has 88 valence electrons. The molecular weight excluding hydrogens is 345 g/mol. The van der Waals surface area contributed by atoms with E-state index in [1.165, 1.54) is 0 Å². The first-order valence-electron chi connectivity index (χ1n) is 5.26. The van der Waals surface area contributed by atoms with E-state index in [9.17, 15) is 4.79 Å². The van der Waals surface area contributed by atoms with Gasteiger partial charge in [-0.05, 0) is 41.1 Å². The van der Waals surface area contributed by atoms with E-state index in [0.717, 1.165) is 14.0 Å². The molecule has 1 heterocycles. The largest absolute Gasteiger partial charge is 0.345 e. The second kappa shape index (κ2) is 5.64. The Morgan fingerprint density at radius 2 is 2.06 bits per heavy atom. The van der Waals surface area contributed by atoms with E-state index in [1.807, 2.05) is 48.7 Å². The molecule has 17 heavy (non-hydrogen) atoms. The molecule has 1 amide bonds. The minimum atomic E-state index is -0.0134. The number of amides is 1. The summed E-state index contributed by atoms with van der Waals surface area (Å²) in [6.45, 7) is 1.99. The zero-order valence-electron chi connectivity index (χ0n) is 9.31. The molecule has 0 radical (unpaired) electrons. The smallest absolute Gasteiger partial charge is 0.252 e. The van der Waals surface area contributed by atoms with E-state index in [2.05, 4.69) is 27.9 Å². The molecule has 0 aliphatic heterocycles. The minimum Gasteiger partial charge on any atom is -0.345 e. The monoisotopic (exact) mass is 357 g/mol. The Morgan fingerprint density at radius 1 is 1.35 bits per heavy atom. The number of nitrogens with one attached hydrogen (secondary N) is 1. The van der Waals surface area contributed by atoms with Crippen molar-refractivity contribution in [2.24, 2.45) is 0 Å². The molecule has 1 N–H and O–H groups in total. The summed E-state index contributed by atoms with van der Waals surface area (Å²) >= 11 is 3.80. The summed E-state index contributed by atoms with van der Waals surface area (Å²) < 4.78 is 1.13. The summed E-state index contributed by atoms with van der Waals surface area (Å²) in [6, 6.07) is 11.9. The first kappa shape index (κ1) is 12.6. The molecule has 1 aromatic carbocycles. The maximum atomic E-state index is 11.9. The second-order valence-electron chi connectivity index (χ2n) is 3.75. The van der Waals surface area contributed by atoms with Gasteiger partial charge in [0.2, 0.25) is 0 Å². The standard InChI is InChI=1S/C13H12INOS/c1-9(10-5-3-2-4-6-10)15-13(16)11-7-12(14)17-8-11/h2-9H,1H3,(H,15,16). The van der Waals surface area contributed by atoms with Crippen molar-refractivity contribution in [2.75, 3.05) is 0 Å². The number of halogens is 1. The Hall–Kier alpha value is -0.880. The Morgan fingerprint density at radius 3 is 2.65 bits per heavy atom. The van der Waals surface area contributed by atoms with Gasteiger partial charge in [-0.3, -0.25) is 4.79 Å². The number of thiophene rings is 1. The molecule has 4 heteroatoms. The van der Waals surface area contributed by atoms with Gasteiger partial charge in [0, 0.05) is 5.38 Å². The Labute approximate surface area is 118 Å². The zero-order valence-corrected chi connectivity index (χ0v) is 12.3. The normalized spacial score (nSPS) is 12.1. The summed E-state index contributed by atoms with van der Waals surface area (Å²) in [5, 5.41) is 4.87. The molecule has 0 bridgehead atoms. The van der Waals surface area contributed by atoms with Crippen LogP contribution in [0, 0.1) is 2.88 Å². The van der Waals surface area contributed by atoms with Crippen LogP contribution in [0.25, 0.3) is 0 Å². The lowest BCUT2D eigenvalue weighted by molar-refractivity contribution is 0.0940. The van der Waals surface area contributed by atoms with Gasteiger partial charge < -0.3 is 5.32 Å². The van der Waals surface area contributed by atoms with Gasteiger partial charge in [0.05, 0.1) is 14.5 Å². The summed E-state index contributed by atoms with van der Waals surface area (Å²) in [6.07, 6.45) is 0. The quantitative estimate of drug-likeness (QED) is 0.831. The Bertz CT molecular complexity index is 509. The number of carbonyl (C=O) groups is 1. The molecule has 2 rings (SSSR count). The fourth-order valence-corrected chi connectivity index (χ4v) is 2.86. The number of carbonyl (C=O) groups excluding carboxylic acids is 1. The molecule has 0 spiro atoms. The maximum Gasteiger partial charge on any atom is 0.252 e. The minimum absolute atomic E-state index is 0.0134. The summed E-state index contributed by atoms with van der Waals surface area (Å²) in [5.74, 6) is -0.0134. The van der Waals surface area contributed by atoms with Gasteiger partial charge in [-0.25, -0.2) is 0 Å². The van der Waals surface area contributed by atoms with E-state index in [1.54, 1.807) is 11.3 Å². The summed E-state index contributed by atoms with van der Waals surface area (Å²) in [7, 11) is 0. The molecule has 1 unspecified atom stereocenters. The molecule has 0 saturated carbocycles. The summed E-state index contributed by atoms with van der Waals surface area (Å²) in [4.78, 5) is 11.9. The highest BCUT2D eigenvalue weighted by Gasteiger charge is 2.12. The highest BCUT2D eigenvalue weighted by molar-refractivity contribution is 14.1. The van der Waals surface area contributed by atoms with Crippen molar-refractivity contribution in [3.05, 3.63) is 55.8 Å². The molecular formula is C13H12INOS. The SMILES string of the molecule is CC(NC(=O)c1csc(I)c1)c1ccccc1. The highest BCUT2D eigenvalue weighted by Crippen LogP contribution is 2.18. The van der Waals surface area contributed by atoms with Crippen molar-refractivity contribution in [3.63, 3.8) is 0 Å². The molecule has 1 atom stereocenters. The van der Waals surface area contributed by atoms with Crippen molar-refractivity contribution in [1.29, 1.82) is 0 Å². The highest BCUT2D eigenvalue weighted by atomic mass is 127. The van der Waals surface area contributed by atoms with Crippen LogP contribution in [0.5, 0.6) is 0 Å². The second-order valence-corrected chi connectivity index (χ2v) is 6.55. The van der Waals surface area contributed by atoms with Gasteiger partial charge in [0.25, 0.3) is 5.91 Å². The summed E-state index contributed by atoms with van der Waals surface area (Å²) in [5.41, 5.74) is 1.85. The average Bonchev–Trinajstić information content (AvgIpc) is 2.77. The molecule has 0 fully saturated rings. The van der Waals surface area contributed by atoms with Crippen LogP contribution < -0.4 is 5.32 Å². The van der Waals surface area contributed by atoms with Gasteiger partial charge in [-0.15, -0.1) is 11.3 Å². The van der Waals surface area contributed by atoms with E-state index < -0.39 is 0 Å². The Balaban J connectivity index is 2.04. The van der Waals surface area contributed by atoms with Crippen molar-refractivity contribution in [3.8, 4) is 0 Å². The first-order chi connectivity index (χ1) is 8.16. The van der Waals surface area contributed by atoms with Crippen molar-refractivity contribution in [2.45, 2.75) is 13.0 Å². The van der Waals surface area contributed by atoms with E-state index in [4.69, 9.17) is 0 Å². The molecule has 0 aliphatic rings. The molecule has 2 nitrogen and oxygen atoms in total. The predicted molar refractivity (Wildman–Crippen MR) is 79.4 cm³/mol. The van der Waals surface area contributed by atoms with Gasteiger partial charge >= 0.3 is 0 Å². The number of rotatable bonds is 3. The fraction of sp³-hybridized carbons (Fsp3) is 0.154. The van der Waals surface area contributed by atoms with Crippen LogP contribution in [0.15, 0.2) is 41.8 Å². The maximum absolute atomic E-state index is 11.9. The number of hydrogen-bond donors (Lipinski definition) is 1. The van der Waals surface area contributed by atoms with Crippen LogP contribution in [0.3, 0.4) is 0 Å². The lowest BCUT2D eigenvalue weighted by Gasteiger charge is -2.13. The average molecular weight is 357 g/mol. The lowest BCUT2D eigenvalue weighted by Crippen LogP contribution is -2.26. The van der Waals surface area contributed by atoms with Crippen LogP contribution in [-0.4, -0.2) is 5.91 Å². The Kier molecular flexibility index (Phi) is 4.17. The van der Waals surface area contributed by atoms with Gasteiger partial charge in [-0.2, -0.15) is 0 Å². The third kappa shape index (κ3) is 3.29. The van der Waals surface area contributed by atoms with Crippen molar-refractivity contribution < 1.29 is 4.79 Å². The van der Waals surface area contributed by atoms with Crippen molar-refractivity contribution >= 4 is 39.8 Å². The van der Waals surface area contributed by atoms with Gasteiger partial charge in [0.1, 0.15) is 0 Å². The molecule has 2 aromatic rings. The predicted octanol–water partition coefficient (Wildman–Crippen LogP) is 3.84. The van der Waals surface area contributed by atoms with Gasteiger partial charge in [-0.1, -0.05) is 30.3 Å². The van der Waals surface area contributed by atoms with Crippen molar-refractivity contribution in [1.82, 2.24) is 5.32 Å². The van der Waals surface area contributed by atoms with Crippen LogP contribution in [-0.2, 0) is 0 Å². The number of hydrogen-bond acceptors (Lipinski definition) is 2. The van der Waals surface area contributed by atoms with Crippen LogP contribution >= 0.6 is 33.9 Å². The van der Waals surface area contributed by atoms with E-state index in [0.29, 0.717) is 0 Å².